The molecule has 1 heterocycles. The van der Waals surface area contributed by atoms with Crippen LogP contribution in [0, 0.1) is 6.92 Å². The van der Waals surface area contributed by atoms with E-state index >= 15 is 0 Å². The van der Waals surface area contributed by atoms with E-state index in [4.69, 9.17) is 0 Å². The molecular weight excluding hydrogens is 380 g/mol. The lowest BCUT2D eigenvalue weighted by molar-refractivity contribution is 0.0988. The Labute approximate surface area is 154 Å². The molecule has 1 aromatic heterocycles. The maximum atomic E-state index is 12.7. The van der Waals surface area contributed by atoms with E-state index in [0.29, 0.717) is 11.5 Å². The highest BCUT2D eigenvalue weighted by Gasteiger charge is 2.15. The van der Waals surface area contributed by atoms with E-state index in [2.05, 4.69) is 31.2 Å². The molecule has 0 saturated carbocycles. The average molecular weight is 397 g/mol. The van der Waals surface area contributed by atoms with Gasteiger partial charge in [-0.25, -0.2) is 9.97 Å². The topological polar surface area (TPSA) is 58.1 Å². The van der Waals surface area contributed by atoms with Crippen molar-refractivity contribution in [3.05, 3.63) is 76.7 Å². The fourth-order valence-corrected chi connectivity index (χ4v) is 2.94. The van der Waals surface area contributed by atoms with Crippen LogP contribution in [0.5, 0.6) is 0 Å². The summed E-state index contributed by atoms with van der Waals surface area (Å²) in [6, 6.07) is 17.1. The van der Waals surface area contributed by atoms with Gasteiger partial charge in [0, 0.05) is 23.3 Å². The number of halogens is 1. The minimum absolute atomic E-state index is 0.195. The first-order valence-corrected chi connectivity index (χ1v) is 8.52. The third-order valence-electron chi connectivity index (χ3n) is 3.72. The van der Waals surface area contributed by atoms with Crippen molar-refractivity contribution >= 4 is 39.0 Å². The fourth-order valence-electron chi connectivity index (χ4n) is 2.34. The second kappa shape index (κ2) is 7.44. The number of nitrogens with zero attached hydrogens (tertiary/aromatic N) is 3. The molecule has 0 saturated heterocycles. The lowest BCUT2D eigenvalue weighted by atomic mass is 10.2. The first kappa shape index (κ1) is 17.1. The second-order valence-corrected chi connectivity index (χ2v) is 6.45. The molecular formula is C19H17BrN4O. The number of nitrogens with one attached hydrogen (secondary N) is 1. The molecule has 0 bridgehead atoms. The molecule has 3 rings (SSSR count). The van der Waals surface area contributed by atoms with Crippen molar-refractivity contribution in [3.63, 3.8) is 0 Å². The lowest BCUT2D eigenvalue weighted by Crippen LogP contribution is -2.27. The maximum absolute atomic E-state index is 12.7. The molecule has 2 aromatic carbocycles. The molecule has 0 unspecified atom stereocenters. The molecule has 3 aromatic rings. The van der Waals surface area contributed by atoms with Gasteiger partial charge in [-0.05, 0) is 52.7 Å². The summed E-state index contributed by atoms with van der Waals surface area (Å²) < 4.78 is 0.931. The monoisotopic (exact) mass is 396 g/mol. The van der Waals surface area contributed by atoms with E-state index in [1.807, 2.05) is 55.5 Å². The van der Waals surface area contributed by atoms with Gasteiger partial charge in [0.15, 0.2) is 0 Å². The largest absolute Gasteiger partial charge is 0.339 e. The molecule has 25 heavy (non-hydrogen) atoms. The molecule has 126 valence electrons. The number of hydrogen-bond acceptors (Lipinski definition) is 4. The zero-order chi connectivity index (χ0) is 17.8. The van der Waals surface area contributed by atoms with Crippen LogP contribution in [0.3, 0.4) is 0 Å². The molecule has 0 aliphatic rings. The summed E-state index contributed by atoms with van der Waals surface area (Å²) in [6.45, 7) is 2.02. The van der Waals surface area contributed by atoms with Gasteiger partial charge in [-0.15, -0.1) is 0 Å². The van der Waals surface area contributed by atoms with Crippen molar-refractivity contribution in [1.29, 1.82) is 0 Å². The van der Waals surface area contributed by atoms with Crippen LogP contribution in [-0.2, 0) is 0 Å². The first-order chi connectivity index (χ1) is 12.0. The average Bonchev–Trinajstić information content (AvgIpc) is 2.64. The number of para-hydroxylation sites is 1. The Morgan fingerprint density at radius 3 is 2.56 bits per heavy atom. The van der Waals surface area contributed by atoms with Gasteiger partial charge in [0.2, 0.25) is 0 Å². The molecule has 0 spiro atoms. The molecule has 0 aliphatic carbocycles. The molecule has 0 fully saturated rings. The Morgan fingerprint density at radius 1 is 1.08 bits per heavy atom. The van der Waals surface area contributed by atoms with E-state index in [-0.39, 0.29) is 5.91 Å². The molecule has 0 aliphatic heterocycles. The van der Waals surface area contributed by atoms with Crippen LogP contribution < -0.4 is 10.2 Å². The van der Waals surface area contributed by atoms with Crippen LogP contribution in [0.15, 0.2) is 65.4 Å². The maximum Gasteiger partial charge on any atom is 0.276 e. The fraction of sp³-hybridized carbons (Fsp3) is 0.105. The third kappa shape index (κ3) is 4.03. The number of amides is 1. The summed E-state index contributed by atoms with van der Waals surface area (Å²) in [7, 11) is 1.73. The van der Waals surface area contributed by atoms with Gasteiger partial charge in [-0.2, -0.15) is 0 Å². The highest BCUT2D eigenvalue weighted by molar-refractivity contribution is 9.10. The van der Waals surface area contributed by atoms with Crippen LogP contribution in [0.2, 0.25) is 0 Å². The van der Waals surface area contributed by atoms with Crippen LogP contribution >= 0.6 is 15.9 Å². The van der Waals surface area contributed by atoms with Crippen molar-refractivity contribution in [2.45, 2.75) is 6.92 Å². The highest BCUT2D eigenvalue weighted by atomic mass is 79.9. The third-order valence-corrected chi connectivity index (χ3v) is 4.38. The van der Waals surface area contributed by atoms with Gasteiger partial charge in [-0.1, -0.05) is 24.3 Å². The number of hydrogen-bond donors (Lipinski definition) is 1. The Hall–Kier alpha value is -2.73. The van der Waals surface area contributed by atoms with Crippen molar-refractivity contribution < 1.29 is 4.79 Å². The summed E-state index contributed by atoms with van der Waals surface area (Å²) in [4.78, 5) is 22.5. The minimum atomic E-state index is -0.195. The molecule has 0 atom stereocenters. The standard InChI is InChI=1S/C19H17BrN4O/c1-13-8-9-16(15(20)10-13)23-18-11-17(21-12-22-18)19(25)24(2)14-6-4-3-5-7-14/h3-12H,1-2H3,(H,21,22,23). The summed E-state index contributed by atoms with van der Waals surface area (Å²) >= 11 is 3.52. The van der Waals surface area contributed by atoms with E-state index in [0.717, 1.165) is 21.4 Å². The van der Waals surface area contributed by atoms with Crippen molar-refractivity contribution in [3.8, 4) is 0 Å². The summed E-state index contributed by atoms with van der Waals surface area (Å²) in [5.74, 6) is 0.365. The van der Waals surface area contributed by atoms with Crippen molar-refractivity contribution in [2.24, 2.45) is 0 Å². The van der Waals surface area contributed by atoms with E-state index in [9.17, 15) is 4.79 Å². The Balaban J connectivity index is 1.82. The van der Waals surface area contributed by atoms with Crippen molar-refractivity contribution in [2.75, 3.05) is 17.3 Å². The summed E-state index contributed by atoms with van der Waals surface area (Å²) in [5, 5.41) is 3.20. The molecule has 0 radical (unpaired) electrons. The number of rotatable bonds is 4. The molecule has 1 N–H and O–H groups in total. The van der Waals surface area contributed by atoms with Gasteiger partial charge in [-0.3, -0.25) is 4.79 Å². The van der Waals surface area contributed by atoms with Crippen LogP contribution in [-0.4, -0.2) is 22.9 Å². The van der Waals surface area contributed by atoms with Crippen LogP contribution in [0.25, 0.3) is 0 Å². The SMILES string of the molecule is Cc1ccc(Nc2cc(C(=O)N(C)c3ccccc3)ncn2)c(Br)c1. The normalized spacial score (nSPS) is 10.4. The molecule has 1 amide bonds. The first-order valence-electron chi connectivity index (χ1n) is 7.73. The van der Waals surface area contributed by atoms with Gasteiger partial charge >= 0.3 is 0 Å². The molecule has 6 heteroatoms. The zero-order valence-corrected chi connectivity index (χ0v) is 15.5. The Morgan fingerprint density at radius 2 is 1.84 bits per heavy atom. The van der Waals surface area contributed by atoms with E-state index in [1.165, 1.54) is 6.33 Å². The number of anilines is 3. The van der Waals surface area contributed by atoms with E-state index < -0.39 is 0 Å². The minimum Gasteiger partial charge on any atom is -0.339 e. The smallest absolute Gasteiger partial charge is 0.276 e. The summed E-state index contributed by atoms with van der Waals surface area (Å²) in [6.07, 6.45) is 1.39. The quantitative estimate of drug-likeness (QED) is 0.701. The van der Waals surface area contributed by atoms with Crippen LogP contribution in [0.1, 0.15) is 16.1 Å². The number of aryl methyl sites for hydroxylation is 1. The zero-order valence-electron chi connectivity index (χ0n) is 13.9. The second-order valence-electron chi connectivity index (χ2n) is 5.60. The Kier molecular flexibility index (Phi) is 5.09. The van der Waals surface area contributed by atoms with Gasteiger partial charge in [0.05, 0.1) is 5.69 Å². The predicted octanol–water partition coefficient (Wildman–Crippen LogP) is 4.57. The van der Waals surface area contributed by atoms with E-state index in [1.54, 1.807) is 18.0 Å². The van der Waals surface area contributed by atoms with Crippen LogP contribution in [0.4, 0.5) is 17.2 Å². The lowest BCUT2D eigenvalue weighted by Gasteiger charge is -2.17. The number of benzene rings is 2. The number of aromatic nitrogens is 2. The Bertz CT molecular complexity index is 899. The number of carbonyl (C=O) groups is 1. The predicted molar refractivity (Wildman–Crippen MR) is 103 cm³/mol. The number of carbonyl (C=O) groups excluding carboxylic acids is 1. The van der Waals surface area contributed by atoms with Gasteiger partial charge < -0.3 is 10.2 Å². The highest BCUT2D eigenvalue weighted by Crippen LogP contribution is 2.26. The molecule has 5 nitrogen and oxygen atoms in total. The summed E-state index contributed by atoms with van der Waals surface area (Å²) in [5.41, 5.74) is 3.16. The van der Waals surface area contributed by atoms with Crippen molar-refractivity contribution in [1.82, 2.24) is 9.97 Å². The van der Waals surface area contributed by atoms with Gasteiger partial charge in [0.1, 0.15) is 17.8 Å². The van der Waals surface area contributed by atoms with Gasteiger partial charge in [0.25, 0.3) is 5.91 Å².